The molecule has 0 saturated carbocycles. The van der Waals surface area contributed by atoms with Crippen LogP contribution >= 0.6 is 0 Å². The third-order valence-corrected chi connectivity index (χ3v) is 1.15. The molecule has 0 heterocycles. The van der Waals surface area contributed by atoms with E-state index < -0.39 is 22.9 Å². The van der Waals surface area contributed by atoms with Gasteiger partial charge >= 0.3 is 0 Å². The Morgan fingerprint density at radius 3 is 2.50 bits per heavy atom. The van der Waals surface area contributed by atoms with Gasteiger partial charge in [-0.05, 0) is 13.8 Å². The fraction of sp³-hybridized carbons (Fsp3) is 0.833. The fourth-order valence-corrected chi connectivity index (χ4v) is 0.574. The molecule has 0 aliphatic heterocycles. The normalized spacial score (nSPS) is 10.9. The second-order valence-electron chi connectivity index (χ2n) is 3.08. The van der Waals surface area contributed by atoms with Crippen molar-refractivity contribution in [2.24, 2.45) is 0 Å². The zero-order chi connectivity index (χ0) is 9.78. The van der Waals surface area contributed by atoms with E-state index in [2.05, 4.69) is 5.32 Å². The van der Waals surface area contributed by atoms with Gasteiger partial charge < -0.3 is 10.4 Å². The zero-order valence-electron chi connectivity index (χ0n) is 7.03. The Bertz CT molecular complexity index is 190. The average molecular weight is 176 g/mol. The maximum atomic E-state index is 10.8. The number of nitrogens with zero attached hydrogens (tertiary/aromatic N) is 1. The van der Waals surface area contributed by atoms with Crippen molar-refractivity contribution in [3.05, 3.63) is 10.1 Å². The second kappa shape index (κ2) is 4.01. The Kier molecular flexibility index (Phi) is 3.62. The molecule has 0 fully saturated rings. The first-order valence-corrected chi connectivity index (χ1v) is 3.41. The van der Waals surface area contributed by atoms with Crippen LogP contribution in [-0.2, 0) is 4.79 Å². The van der Waals surface area contributed by atoms with Crippen LogP contribution in [0.4, 0.5) is 0 Å². The number of hydrogen-bond donors (Lipinski definition) is 2. The summed E-state index contributed by atoms with van der Waals surface area (Å²) < 4.78 is 0. The lowest BCUT2D eigenvalue weighted by atomic mass is 10.1. The molecule has 0 spiro atoms. The van der Waals surface area contributed by atoms with Crippen molar-refractivity contribution >= 4 is 5.91 Å². The van der Waals surface area contributed by atoms with E-state index in [-0.39, 0.29) is 6.61 Å². The summed E-state index contributed by atoms with van der Waals surface area (Å²) in [5, 5.41) is 20.9. The third kappa shape index (κ3) is 4.62. The summed E-state index contributed by atoms with van der Waals surface area (Å²) in [6.07, 6.45) is 0. The van der Waals surface area contributed by atoms with Crippen LogP contribution in [0, 0.1) is 10.1 Å². The lowest BCUT2D eigenvalue weighted by molar-refractivity contribution is -0.467. The number of nitrogens with one attached hydrogen (secondary N) is 1. The highest BCUT2D eigenvalue weighted by atomic mass is 16.6. The summed E-state index contributed by atoms with van der Waals surface area (Å²) in [6.45, 7) is 2.13. The number of nitro groups is 1. The first-order chi connectivity index (χ1) is 5.37. The molecule has 0 rings (SSSR count). The minimum atomic E-state index is -0.799. The number of carbonyl (C=O) groups is 1. The van der Waals surface area contributed by atoms with Gasteiger partial charge in [-0.3, -0.25) is 14.9 Å². The van der Waals surface area contributed by atoms with Crippen molar-refractivity contribution in [2.45, 2.75) is 19.4 Å². The van der Waals surface area contributed by atoms with Crippen LogP contribution in [0.1, 0.15) is 13.8 Å². The smallest absolute Gasteiger partial charge is 0.292 e. The van der Waals surface area contributed by atoms with Crippen LogP contribution in [0.2, 0.25) is 0 Å². The summed E-state index contributed by atoms with van der Waals surface area (Å²) >= 11 is 0. The van der Waals surface area contributed by atoms with E-state index in [1.807, 2.05) is 0 Å². The number of hydrogen-bond acceptors (Lipinski definition) is 4. The standard InChI is InChI=1S/C6H12N2O4/c1-6(2,4-9)7-5(10)3-8(11)12/h9H,3-4H2,1-2H3,(H,7,10). The van der Waals surface area contributed by atoms with Gasteiger partial charge in [0.1, 0.15) is 0 Å². The van der Waals surface area contributed by atoms with E-state index in [1.165, 1.54) is 0 Å². The SMILES string of the molecule is CC(C)(CO)NC(=O)C[N+](=O)[O-]. The Balaban J connectivity index is 3.92. The third-order valence-electron chi connectivity index (χ3n) is 1.15. The summed E-state index contributed by atoms with van der Waals surface area (Å²) in [6, 6.07) is 0. The molecule has 0 radical (unpaired) electrons. The highest BCUT2D eigenvalue weighted by Gasteiger charge is 2.21. The quantitative estimate of drug-likeness (QED) is 0.431. The molecule has 0 aliphatic rings. The minimum Gasteiger partial charge on any atom is -0.394 e. The Morgan fingerprint density at radius 1 is 1.67 bits per heavy atom. The topological polar surface area (TPSA) is 92.5 Å². The van der Waals surface area contributed by atoms with Gasteiger partial charge in [0.2, 0.25) is 0 Å². The van der Waals surface area contributed by atoms with E-state index in [0.717, 1.165) is 0 Å². The lowest BCUT2D eigenvalue weighted by Gasteiger charge is -2.21. The van der Waals surface area contributed by atoms with Gasteiger partial charge in [0, 0.05) is 4.92 Å². The highest BCUT2D eigenvalue weighted by molar-refractivity contribution is 5.77. The molecule has 6 nitrogen and oxygen atoms in total. The molecule has 0 aromatic heterocycles. The molecule has 70 valence electrons. The fourth-order valence-electron chi connectivity index (χ4n) is 0.574. The molecule has 1 amide bonds. The van der Waals surface area contributed by atoms with Gasteiger partial charge in [-0.2, -0.15) is 0 Å². The summed E-state index contributed by atoms with van der Waals surface area (Å²) in [4.78, 5) is 19.9. The molecule has 6 heteroatoms. The van der Waals surface area contributed by atoms with Crippen LogP contribution in [-0.4, -0.2) is 34.6 Å². The number of rotatable bonds is 4. The van der Waals surface area contributed by atoms with Crippen molar-refractivity contribution in [3.63, 3.8) is 0 Å². The van der Waals surface area contributed by atoms with E-state index in [0.29, 0.717) is 0 Å². The maximum Gasteiger partial charge on any atom is 0.292 e. The lowest BCUT2D eigenvalue weighted by Crippen LogP contribution is -2.48. The van der Waals surface area contributed by atoms with Crippen LogP contribution in [0.25, 0.3) is 0 Å². The van der Waals surface area contributed by atoms with Crippen LogP contribution < -0.4 is 5.32 Å². The van der Waals surface area contributed by atoms with Crippen molar-refractivity contribution in [3.8, 4) is 0 Å². The molecule has 12 heavy (non-hydrogen) atoms. The van der Waals surface area contributed by atoms with Gasteiger partial charge in [0.25, 0.3) is 12.5 Å². The molecule has 2 N–H and O–H groups in total. The number of aliphatic hydroxyl groups is 1. The van der Waals surface area contributed by atoms with Crippen molar-refractivity contribution in [2.75, 3.05) is 13.2 Å². The number of aliphatic hydroxyl groups excluding tert-OH is 1. The van der Waals surface area contributed by atoms with Crippen LogP contribution in [0.3, 0.4) is 0 Å². The predicted molar refractivity (Wildman–Crippen MR) is 41.2 cm³/mol. The predicted octanol–water partition coefficient (Wildman–Crippen LogP) is -0.850. The van der Waals surface area contributed by atoms with Crippen molar-refractivity contribution in [1.29, 1.82) is 0 Å². The van der Waals surface area contributed by atoms with E-state index in [4.69, 9.17) is 5.11 Å². The molecule has 0 saturated heterocycles. The van der Waals surface area contributed by atoms with E-state index in [1.54, 1.807) is 13.8 Å². The van der Waals surface area contributed by atoms with Gasteiger partial charge in [0.05, 0.1) is 12.1 Å². The van der Waals surface area contributed by atoms with Crippen molar-refractivity contribution in [1.82, 2.24) is 5.32 Å². The molecule has 0 unspecified atom stereocenters. The van der Waals surface area contributed by atoms with E-state index >= 15 is 0 Å². The monoisotopic (exact) mass is 176 g/mol. The minimum absolute atomic E-state index is 0.254. The maximum absolute atomic E-state index is 10.8. The average Bonchev–Trinajstić information content (AvgIpc) is 1.84. The molecule has 0 aromatic rings. The first-order valence-electron chi connectivity index (χ1n) is 3.41. The van der Waals surface area contributed by atoms with Crippen LogP contribution in [0.15, 0.2) is 0 Å². The molecule has 0 aliphatic carbocycles. The van der Waals surface area contributed by atoms with Gasteiger partial charge in [-0.1, -0.05) is 0 Å². The Morgan fingerprint density at radius 2 is 2.17 bits per heavy atom. The first kappa shape index (κ1) is 10.8. The molecule has 0 atom stereocenters. The number of amides is 1. The molecular weight excluding hydrogens is 164 g/mol. The summed E-state index contributed by atoms with van der Waals surface area (Å²) in [5.74, 6) is -0.695. The molecular formula is C6H12N2O4. The molecule has 0 bridgehead atoms. The van der Waals surface area contributed by atoms with Gasteiger partial charge in [-0.15, -0.1) is 0 Å². The summed E-state index contributed by atoms with van der Waals surface area (Å²) in [5.41, 5.74) is -0.799. The van der Waals surface area contributed by atoms with Crippen molar-refractivity contribution < 1.29 is 14.8 Å². The highest BCUT2D eigenvalue weighted by Crippen LogP contribution is 1.98. The molecule has 0 aromatic carbocycles. The Hall–Kier alpha value is -1.17. The Labute approximate surface area is 69.7 Å². The summed E-state index contributed by atoms with van der Waals surface area (Å²) in [7, 11) is 0. The number of carbonyl (C=O) groups excluding carboxylic acids is 1. The van der Waals surface area contributed by atoms with Crippen LogP contribution in [0.5, 0.6) is 0 Å². The largest absolute Gasteiger partial charge is 0.394 e. The van der Waals surface area contributed by atoms with Gasteiger partial charge in [0.15, 0.2) is 0 Å². The van der Waals surface area contributed by atoms with E-state index in [9.17, 15) is 14.9 Å². The zero-order valence-corrected chi connectivity index (χ0v) is 7.03. The second-order valence-corrected chi connectivity index (χ2v) is 3.08. The van der Waals surface area contributed by atoms with Gasteiger partial charge in [-0.25, -0.2) is 0 Å².